The van der Waals surface area contributed by atoms with Gasteiger partial charge in [0.15, 0.2) is 0 Å². The molecule has 102 valence electrons. The Balaban J connectivity index is 1.86. The monoisotopic (exact) mass is 279 g/mol. The molecule has 0 aliphatic carbocycles. The fourth-order valence-electron chi connectivity index (χ4n) is 1.97. The minimum atomic E-state index is 0.533. The van der Waals surface area contributed by atoms with Gasteiger partial charge >= 0.3 is 0 Å². The molecule has 0 saturated carbocycles. The number of aromatic amines is 1. The van der Waals surface area contributed by atoms with Gasteiger partial charge < -0.3 is 5.32 Å². The van der Waals surface area contributed by atoms with Gasteiger partial charge in [-0.3, -0.25) is 5.10 Å². The number of anilines is 1. The van der Waals surface area contributed by atoms with Crippen LogP contribution in [-0.4, -0.2) is 26.7 Å². The molecule has 0 amide bonds. The molecule has 0 fully saturated rings. The Bertz CT molecular complexity index is 538. The number of nitrogens with one attached hydrogen (secondary N) is 2. The van der Waals surface area contributed by atoms with Crippen molar-refractivity contribution in [2.45, 2.75) is 33.1 Å². The number of aryl methyl sites for hydroxylation is 2. The fourth-order valence-corrected chi connectivity index (χ4v) is 2.24. The highest BCUT2D eigenvalue weighted by molar-refractivity contribution is 6.30. The lowest BCUT2D eigenvalue weighted by molar-refractivity contribution is 0.849. The van der Waals surface area contributed by atoms with Crippen LogP contribution < -0.4 is 5.32 Å². The smallest absolute Gasteiger partial charge is 0.137 e. The van der Waals surface area contributed by atoms with Gasteiger partial charge in [0.1, 0.15) is 17.3 Å². The quantitative estimate of drug-likeness (QED) is 0.630. The number of H-pyrrole nitrogens is 1. The minimum Gasteiger partial charge on any atom is -0.370 e. The Morgan fingerprint density at radius 1 is 1.37 bits per heavy atom. The summed E-state index contributed by atoms with van der Waals surface area (Å²) in [5.74, 6) is 0.839. The van der Waals surface area contributed by atoms with Crippen LogP contribution in [0.3, 0.4) is 0 Å². The number of hydrogen-bond acceptors (Lipinski definition) is 4. The maximum absolute atomic E-state index is 6.04. The maximum atomic E-state index is 6.04. The molecule has 0 radical (unpaired) electrons. The number of halogens is 1. The van der Waals surface area contributed by atoms with E-state index in [4.69, 9.17) is 11.6 Å². The highest BCUT2D eigenvalue weighted by atomic mass is 35.5. The predicted molar refractivity (Wildman–Crippen MR) is 76.6 cm³/mol. The Morgan fingerprint density at radius 2 is 2.21 bits per heavy atom. The number of nitrogens with zero attached hydrogens (tertiary/aromatic N) is 3. The van der Waals surface area contributed by atoms with Gasteiger partial charge in [-0.05, 0) is 31.7 Å². The Kier molecular flexibility index (Phi) is 4.74. The topological polar surface area (TPSA) is 66.5 Å². The van der Waals surface area contributed by atoms with E-state index >= 15 is 0 Å². The predicted octanol–water partition coefficient (Wildman–Crippen LogP) is 2.77. The lowest BCUT2D eigenvalue weighted by atomic mass is 10.1. The lowest BCUT2D eigenvalue weighted by Gasteiger charge is -2.10. The van der Waals surface area contributed by atoms with Crippen molar-refractivity contribution in [1.29, 1.82) is 0 Å². The van der Waals surface area contributed by atoms with Crippen LogP contribution in [0.15, 0.2) is 12.5 Å². The van der Waals surface area contributed by atoms with Crippen LogP contribution >= 0.6 is 11.6 Å². The van der Waals surface area contributed by atoms with Gasteiger partial charge in [0.2, 0.25) is 0 Å². The molecule has 2 aromatic rings. The third-order valence-electron chi connectivity index (χ3n) is 3.10. The normalized spacial score (nSPS) is 10.7. The molecular formula is C13H18ClN5. The Hall–Kier alpha value is -1.62. The Labute approximate surface area is 117 Å². The summed E-state index contributed by atoms with van der Waals surface area (Å²) in [6, 6.07) is 0. The fraction of sp³-hybridized carbons (Fsp3) is 0.462. The van der Waals surface area contributed by atoms with E-state index in [1.54, 1.807) is 0 Å². The van der Waals surface area contributed by atoms with E-state index in [0.29, 0.717) is 5.15 Å². The first-order valence-corrected chi connectivity index (χ1v) is 6.82. The van der Waals surface area contributed by atoms with E-state index in [-0.39, 0.29) is 0 Å². The molecule has 2 heterocycles. The van der Waals surface area contributed by atoms with E-state index in [2.05, 4.69) is 25.5 Å². The molecule has 0 saturated heterocycles. The van der Waals surface area contributed by atoms with Crippen molar-refractivity contribution >= 4 is 17.4 Å². The van der Waals surface area contributed by atoms with E-state index in [1.165, 1.54) is 11.9 Å². The molecule has 0 aromatic carbocycles. The van der Waals surface area contributed by atoms with Crippen LogP contribution in [0, 0.1) is 6.92 Å². The molecule has 2 N–H and O–H groups in total. The van der Waals surface area contributed by atoms with Crippen molar-refractivity contribution in [1.82, 2.24) is 20.2 Å². The van der Waals surface area contributed by atoms with Crippen molar-refractivity contribution in [3.05, 3.63) is 34.5 Å². The third-order valence-corrected chi connectivity index (χ3v) is 3.42. The zero-order valence-corrected chi connectivity index (χ0v) is 12.0. The summed E-state index contributed by atoms with van der Waals surface area (Å²) in [4.78, 5) is 8.23. The van der Waals surface area contributed by atoms with Crippen LogP contribution in [0.25, 0.3) is 0 Å². The van der Waals surface area contributed by atoms with E-state index in [0.717, 1.165) is 42.9 Å². The van der Waals surface area contributed by atoms with Crippen LogP contribution in [0.1, 0.15) is 30.2 Å². The molecular weight excluding hydrogens is 262 g/mol. The zero-order chi connectivity index (χ0) is 13.7. The second-order valence-electron chi connectivity index (χ2n) is 4.40. The maximum Gasteiger partial charge on any atom is 0.137 e. The van der Waals surface area contributed by atoms with Gasteiger partial charge in [-0.1, -0.05) is 18.5 Å². The first kappa shape index (κ1) is 13.8. The van der Waals surface area contributed by atoms with E-state index < -0.39 is 0 Å². The molecule has 0 aliphatic heterocycles. The molecule has 19 heavy (non-hydrogen) atoms. The van der Waals surface area contributed by atoms with E-state index in [1.807, 2.05) is 20.0 Å². The highest BCUT2D eigenvalue weighted by Gasteiger charge is 2.07. The summed E-state index contributed by atoms with van der Waals surface area (Å²) in [6.07, 6.45) is 6.21. The number of hydrogen-bond donors (Lipinski definition) is 2. The molecule has 2 rings (SSSR count). The molecule has 0 atom stereocenters. The van der Waals surface area contributed by atoms with Gasteiger partial charge in [-0.25, -0.2) is 9.97 Å². The molecule has 0 spiro atoms. The highest BCUT2D eigenvalue weighted by Crippen LogP contribution is 2.20. The van der Waals surface area contributed by atoms with Crippen LogP contribution in [0.4, 0.5) is 5.82 Å². The molecule has 0 aliphatic rings. The van der Waals surface area contributed by atoms with Crippen molar-refractivity contribution in [2.24, 2.45) is 0 Å². The van der Waals surface area contributed by atoms with Crippen molar-refractivity contribution in [2.75, 3.05) is 11.9 Å². The molecule has 2 aromatic heterocycles. The van der Waals surface area contributed by atoms with Gasteiger partial charge in [0.25, 0.3) is 0 Å². The zero-order valence-electron chi connectivity index (χ0n) is 11.2. The molecule has 6 heteroatoms. The summed E-state index contributed by atoms with van der Waals surface area (Å²) in [7, 11) is 0. The third kappa shape index (κ3) is 3.44. The van der Waals surface area contributed by atoms with Gasteiger partial charge in [0.05, 0.1) is 6.20 Å². The van der Waals surface area contributed by atoms with Crippen LogP contribution in [0.2, 0.25) is 5.15 Å². The lowest BCUT2D eigenvalue weighted by Crippen LogP contribution is -2.08. The van der Waals surface area contributed by atoms with Gasteiger partial charge in [0, 0.05) is 17.8 Å². The summed E-state index contributed by atoms with van der Waals surface area (Å²) < 4.78 is 0. The number of aromatic nitrogens is 4. The summed E-state index contributed by atoms with van der Waals surface area (Å²) in [6.45, 7) is 4.94. The number of rotatable bonds is 6. The van der Waals surface area contributed by atoms with Gasteiger partial charge in [-0.15, -0.1) is 0 Å². The second-order valence-corrected chi connectivity index (χ2v) is 4.75. The van der Waals surface area contributed by atoms with Crippen molar-refractivity contribution < 1.29 is 0 Å². The van der Waals surface area contributed by atoms with E-state index in [9.17, 15) is 0 Å². The Morgan fingerprint density at radius 3 is 2.89 bits per heavy atom. The largest absolute Gasteiger partial charge is 0.370 e. The average Bonchev–Trinajstić information content (AvgIpc) is 2.80. The molecule has 0 bridgehead atoms. The molecule has 0 unspecified atom stereocenters. The average molecular weight is 280 g/mol. The van der Waals surface area contributed by atoms with Crippen molar-refractivity contribution in [3.63, 3.8) is 0 Å². The standard InChI is InChI=1S/C13H18ClN5/c1-3-11-12(14)16-8-17-13(11)15-6-4-5-10-7-18-19-9(10)2/h7-8H,3-6H2,1-2H3,(H,18,19)(H,15,16,17). The molecule has 5 nitrogen and oxygen atoms in total. The summed E-state index contributed by atoms with van der Waals surface area (Å²) in [5, 5.41) is 10.8. The first-order valence-electron chi connectivity index (χ1n) is 6.44. The van der Waals surface area contributed by atoms with Gasteiger partial charge in [-0.2, -0.15) is 5.10 Å². The second kappa shape index (κ2) is 6.52. The first-order chi connectivity index (χ1) is 9.22. The van der Waals surface area contributed by atoms with Crippen LogP contribution in [0.5, 0.6) is 0 Å². The van der Waals surface area contributed by atoms with Crippen LogP contribution in [-0.2, 0) is 12.8 Å². The van der Waals surface area contributed by atoms with Crippen molar-refractivity contribution in [3.8, 4) is 0 Å². The SMILES string of the molecule is CCc1c(Cl)ncnc1NCCCc1cn[nH]c1C. The summed E-state index contributed by atoms with van der Waals surface area (Å²) in [5.41, 5.74) is 3.38. The summed E-state index contributed by atoms with van der Waals surface area (Å²) >= 11 is 6.04. The minimum absolute atomic E-state index is 0.533.